The Morgan fingerprint density at radius 1 is 1.17 bits per heavy atom. The molecule has 1 aliphatic heterocycles. The number of para-hydroxylation sites is 1. The van der Waals surface area contributed by atoms with Crippen molar-refractivity contribution in [2.45, 2.75) is 32.5 Å². The number of piperazine rings is 1. The second-order valence-corrected chi connectivity index (χ2v) is 7.34. The predicted molar refractivity (Wildman–Crippen MR) is 100 cm³/mol. The van der Waals surface area contributed by atoms with Crippen molar-refractivity contribution in [3.8, 4) is 0 Å². The molecule has 3 rings (SSSR count). The predicted octanol–water partition coefficient (Wildman–Crippen LogP) is 2.97. The van der Waals surface area contributed by atoms with Gasteiger partial charge >= 0.3 is 6.18 Å². The molecule has 10 heteroatoms. The zero-order valence-electron chi connectivity index (χ0n) is 16.4. The number of aromatic nitrogens is 2. The summed E-state index contributed by atoms with van der Waals surface area (Å²) in [5, 5.41) is 6.32. The highest BCUT2D eigenvalue weighted by atomic mass is 19.4. The Kier molecular flexibility index (Phi) is 6.53. The summed E-state index contributed by atoms with van der Waals surface area (Å²) in [6.45, 7) is 7.21. The number of hydrogen-bond donors (Lipinski definition) is 1. The molecule has 0 spiro atoms. The van der Waals surface area contributed by atoms with Gasteiger partial charge in [0.25, 0.3) is 0 Å². The van der Waals surface area contributed by atoms with E-state index in [1.54, 1.807) is 0 Å². The van der Waals surface area contributed by atoms with E-state index in [0.717, 1.165) is 6.07 Å². The Labute approximate surface area is 166 Å². The van der Waals surface area contributed by atoms with Crippen LogP contribution in [0.5, 0.6) is 0 Å². The fourth-order valence-corrected chi connectivity index (χ4v) is 3.10. The second-order valence-electron chi connectivity index (χ2n) is 7.34. The minimum Gasteiger partial charge on any atom is -0.338 e. The first-order valence-electron chi connectivity index (χ1n) is 9.45. The minimum absolute atomic E-state index is 0.0398. The molecule has 0 radical (unpaired) electrons. The number of carbonyl (C=O) groups is 1. The van der Waals surface area contributed by atoms with E-state index in [0.29, 0.717) is 44.4 Å². The maximum Gasteiger partial charge on any atom is 0.418 e. The van der Waals surface area contributed by atoms with E-state index < -0.39 is 17.6 Å². The Morgan fingerprint density at radius 3 is 2.45 bits per heavy atom. The number of halogens is 3. The monoisotopic (exact) mass is 411 g/mol. The number of amides is 1. The Hall–Kier alpha value is -2.46. The third-order valence-electron chi connectivity index (χ3n) is 4.70. The molecular formula is C19H24F3N5O2. The van der Waals surface area contributed by atoms with Crippen molar-refractivity contribution in [1.29, 1.82) is 0 Å². The smallest absolute Gasteiger partial charge is 0.338 e. The summed E-state index contributed by atoms with van der Waals surface area (Å²) in [6.07, 6.45) is -4.51. The number of alkyl halides is 3. The van der Waals surface area contributed by atoms with E-state index >= 15 is 0 Å². The summed E-state index contributed by atoms with van der Waals surface area (Å²) >= 11 is 0. The molecule has 7 nitrogen and oxygen atoms in total. The summed E-state index contributed by atoms with van der Waals surface area (Å²) in [5.41, 5.74) is -1.07. The van der Waals surface area contributed by atoms with Gasteiger partial charge in [0.05, 0.1) is 24.3 Å². The van der Waals surface area contributed by atoms with Crippen LogP contribution in [-0.4, -0.2) is 58.6 Å². The van der Waals surface area contributed by atoms with E-state index in [1.807, 2.05) is 18.7 Å². The standard InChI is InChI=1S/C19H24F3N5O2/c1-13(2)18-24-17(29-25-18)12-27-9-7-26(8-10-27)11-16(28)23-15-6-4-3-5-14(15)19(20,21)22/h3-6,13H,7-12H2,1-2H3,(H,23,28). The number of benzene rings is 1. The molecule has 1 aromatic heterocycles. The molecule has 1 N–H and O–H groups in total. The van der Waals surface area contributed by atoms with Crippen LogP contribution in [0.4, 0.5) is 18.9 Å². The summed E-state index contributed by atoms with van der Waals surface area (Å²) < 4.78 is 44.4. The van der Waals surface area contributed by atoms with Crippen molar-refractivity contribution < 1.29 is 22.5 Å². The van der Waals surface area contributed by atoms with E-state index in [9.17, 15) is 18.0 Å². The number of carbonyl (C=O) groups excluding carboxylic acids is 1. The van der Waals surface area contributed by atoms with Crippen LogP contribution in [0.2, 0.25) is 0 Å². The first kappa shape index (κ1) is 21.3. The summed E-state index contributed by atoms with van der Waals surface area (Å²) in [5.74, 6) is 0.969. The average molecular weight is 411 g/mol. The van der Waals surface area contributed by atoms with Crippen LogP contribution in [0.25, 0.3) is 0 Å². The lowest BCUT2D eigenvalue weighted by Crippen LogP contribution is -2.48. The largest absolute Gasteiger partial charge is 0.418 e. The average Bonchev–Trinajstić information content (AvgIpc) is 3.12. The van der Waals surface area contributed by atoms with E-state index in [-0.39, 0.29) is 18.2 Å². The van der Waals surface area contributed by atoms with Crippen LogP contribution in [0.3, 0.4) is 0 Å². The maximum absolute atomic E-state index is 13.0. The lowest BCUT2D eigenvalue weighted by atomic mass is 10.1. The topological polar surface area (TPSA) is 74.5 Å². The third kappa shape index (κ3) is 5.77. The SMILES string of the molecule is CC(C)c1noc(CN2CCN(CC(=O)Nc3ccccc3C(F)(F)F)CC2)n1. The lowest BCUT2D eigenvalue weighted by molar-refractivity contribution is -0.137. The van der Waals surface area contributed by atoms with E-state index in [1.165, 1.54) is 18.2 Å². The molecule has 29 heavy (non-hydrogen) atoms. The number of rotatable bonds is 6. The van der Waals surface area contributed by atoms with Crippen LogP contribution < -0.4 is 5.32 Å². The van der Waals surface area contributed by atoms with Crippen molar-refractivity contribution in [2.24, 2.45) is 0 Å². The molecule has 0 atom stereocenters. The molecule has 1 fully saturated rings. The van der Waals surface area contributed by atoms with Crippen LogP contribution in [0, 0.1) is 0 Å². The van der Waals surface area contributed by atoms with Gasteiger partial charge < -0.3 is 9.84 Å². The Morgan fingerprint density at radius 2 is 1.83 bits per heavy atom. The maximum atomic E-state index is 13.0. The minimum atomic E-state index is -4.51. The zero-order valence-corrected chi connectivity index (χ0v) is 16.4. The van der Waals surface area contributed by atoms with Crippen LogP contribution in [0.1, 0.15) is 37.0 Å². The molecule has 1 amide bonds. The van der Waals surface area contributed by atoms with Crippen molar-refractivity contribution in [2.75, 3.05) is 38.0 Å². The summed E-state index contributed by atoms with van der Waals surface area (Å²) in [4.78, 5) is 20.6. The van der Waals surface area contributed by atoms with Gasteiger partial charge in [-0.05, 0) is 12.1 Å². The highest BCUT2D eigenvalue weighted by molar-refractivity contribution is 5.93. The van der Waals surface area contributed by atoms with Gasteiger partial charge in [0.1, 0.15) is 0 Å². The molecule has 158 valence electrons. The van der Waals surface area contributed by atoms with Gasteiger partial charge in [-0.1, -0.05) is 31.1 Å². The van der Waals surface area contributed by atoms with Crippen molar-refractivity contribution >= 4 is 11.6 Å². The van der Waals surface area contributed by atoms with Crippen LogP contribution >= 0.6 is 0 Å². The number of nitrogens with one attached hydrogen (secondary N) is 1. The molecule has 2 aromatic rings. The number of nitrogens with zero attached hydrogens (tertiary/aromatic N) is 4. The molecule has 1 aromatic carbocycles. The summed E-state index contributed by atoms with van der Waals surface area (Å²) in [7, 11) is 0. The highest BCUT2D eigenvalue weighted by Gasteiger charge is 2.33. The summed E-state index contributed by atoms with van der Waals surface area (Å²) in [6, 6.07) is 4.97. The fraction of sp³-hybridized carbons (Fsp3) is 0.526. The first-order chi connectivity index (χ1) is 13.7. The number of anilines is 1. The van der Waals surface area contributed by atoms with Gasteiger partial charge in [0, 0.05) is 32.1 Å². The van der Waals surface area contributed by atoms with Crippen molar-refractivity contribution in [3.63, 3.8) is 0 Å². The van der Waals surface area contributed by atoms with E-state index in [2.05, 4.69) is 20.4 Å². The van der Waals surface area contributed by atoms with Gasteiger partial charge in [0.15, 0.2) is 5.82 Å². The highest BCUT2D eigenvalue weighted by Crippen LogP contribution is 2.34. The molecule has 1 aliphatic rings. The third-order valence-corrected chi connectivity index (χ3v) is 4.70. The van der Waals surface area contributed by atoms with Gasteiger partial charge in [0.2, 0.25) is 11.8 Å². The van der Waals surface area contributed by atoms with Crippen molar-refractivity contribution in [1.82, 2.24) is 19.9 Å². The normalized spacial score (nSPS) is 16.3. The molecule has 0 aliphatic carbocycles. The van der Waals surface area contributed by atoms with Crippen molar-refractivity contribution in [3.05, 3.63) is 41.5 Å². The first-order valence-corrected chi connectivity index (χ1v) is 9.45. The molecule has 0 unspecified atom stereocenters. The lowest BCUT2D eigenvalue weighted by Gasteiger charge is -2.33. The van der Waals surface area contributed by atoms with Gasteiger partial charge in [-0.3, -0.25) is 14.6 Å². The second kappa shape index (κ2) is 8.91. The molecule has 1 saturated heterocycles. The van der Waals surface area contributed by atoms with Gasteiger partial charge in [-0.15, -0.1) is 0 Å². The fourth-order valence-electron chi connectivity index (χ4n) is 3.10. The molecule has 0 bridgehead atoms. The van der Waals surface area contributed by atoms with E-state index in [4.69, 9.17) is 4.52 Å². The van der Waals surface area contributed by atoms with Gasteiger partial charge in [-0.2, -0.15) is 18.2 Å². The molecule has 0 saturated carbocycles. The van der Waals surface area contributed by atoms with Crippen LogP contribution in [0.15, 0.2) is 28.8 Å². The van der Waals surface area contributed by atoms with Gasteiger partial charge in [-0.25, -0.2) is 0 Å². The quantitative estimate of drug-likeness (QED) is 0.788. The Balaban J connectivity index is 1.48. The molecule has 2 heterocycles. The zero-order chi connectivity index (χ0) is 21.0. The number of hydrogen-bond acceptors (Lipinski definition) is 6. The molecular weight excluding hydrogens is 387 g/mol. The Bertz CT molecular complexity index is 829. The van der Waals surface area contributed by atoms with Crippen LogP contribution in [-0.2, 0) is 17.5 Å².